The van der Waals surface area contributed by atoms with E-state index in [0.717, 1.165) is 18.6 Å². The van der Waals surface area contributed by atoms with Gasteiger partial charge in [-0.15, -0.1) is 5.10 Å². The summed E-state index contributed by atoms with van der Waals surface area (Å²) in [5.41, 5.74) is 1.31. The number of hydrogen-bond acceptors (Lipinski definition) is 10. The predicted molar refractivity (Wildman–Crippen MR) is 137 cm³/mol. The summed E-state index contributed by atoms with van der Waals surface area (Å²) in [7, 11) is 0. The molecular formula is C25H34N6O4S. The Kier molecular flexibility index (Phi) is 7.19. The summed E-state index contributed by atoms with van der Waals surface area (Å²) in [5.74, 6) is 1.93. The number of nitrogens with zero attached hydrogens (tertiary/aromatic N) is 5. The number of aliphatic hydroxyl groups is 3. The summed E-state index contributed by atoms with van der Waals surface area (Å²) in [6.07, 6.45) is -0.538. The van der Waals surface area contributed by atoms with Crippen LogP contribution < -0.4 is 5.32 Å². The molecular weight excluding hydrogens is 480 g/mol. The Labute approximate surface area is 214 Å². The minimum Gasteiger partial charge on any atom is -0.388 e. The van der Waals surface area contributed by atoms with E-state index in [1.165, 1.54) is 5.56 Å². The third-order valence-corrected chi connectivity index (χ3v) is 7.70. The lowest BCUT2D eigenvalue weighted by Crippen LogP contribution is -2.36. The van der Waals surface area contributed by atoms with Crippen LogP contribution >= 0.6 is 11.8 Å². The number of aliphatic hydroxyl groups excluding tert-OH is 2. The van der Waals surface area contributed by atoms with Crippen molar-refractivity contribution in [3.05, 3.63) is 35.9 Å². The Morgan fingerprint density at radius 2 is 1.92 bits per heavy atom. The molecule has 0 bridgehead atoms. The first kappa shape index (κ1) is 25.3. The van der Waals surface area contributed by atoms with Crippen LogP contribution in [-0.4, -0.2) is 82.6 Å². The average Bonchev–Trinajstić information content (AvgIpc) is 3.40. The Bertz CT molecular complexity index is 1190. The van der Waals surface area contributed by atoms with Crippen molar-refractivity contribution in [1.82, 2.24) is 25.0 Å². The molecule has 3 aromatic rings. The Balaban J connectivity index is 1.41. The molecule has 2 heterocycles. The summed E-state index contributed by atoms with van der Waals surface area (Å²) >= 11 is 1.57. The van der Waals surface area contributed by atoms with Crippen LogP contribution in [0.25, 0.3) is 11.2 Å². The molecule has 5 rings (SSSR count). The lowest BCUT2D eigenvalue weighted by Gasteiger charge is -2.22. The first-order valence-corrected chi connectivity index (χ1v) is 13.5. The molecule has 0 aliphatic heterocycles. The van der Waals surface area contributed by atoms with E-state index in [0.29, 0.717) is 34.5 Å². The Hall–Kier alpha value is -2.31. The van der Waals surface area contributed by atoms with E-state index in [1.54, 1.807) is 30.3 Å². The zero-order chi connectivity index (χ0) is 25.4. The van der Waals surface area contributed by atoms with Crippen molar-refractivity contribution >= 4 is 28.7 Å². The van der Waals surface area contributed by atoms with Gasteiger partial charge in [0.1, 0.15) is 12.2 Å². The van der Waals surface area contributed by atoms with Crippen LogP contribution in [0.1, 0.15) is 57.6 Å². The predicted octanol–water partition coefficient (Wildman–Crippen LogP) is 2.51. The van der Waals surface area contributed by atoms with Crippen molar-refractivity contribution in [1.29, 1.82) is 0 Å². The summed E-state index contributed by atoms with van der Waals surface area (Å²) in [6, 6.07) is 10.1. The molecule has 36 heavy (non-hydrogen) atoms. The minimum atomic E-state index is -1.11. The molecule has 2 saturated carbocycles. The highest BCUT2D eigenvalue weighted by molar-refractivity contribution is 7.99. The maximum atomic E-state index is 10.8. The normalized spacial score (nSPS) is 28.1. The van der Waals surface area contributed by atoms with E-state index in [4.69, 9.17) is 14.7 Å². The molecule has 2 fully saturated rings. The Morgan fingerprint density at radius 1 is 1.14 bits per heavy atom. The number of ether oxygens (including phenoxy) is 1. The van der Waals surface area contributed by atoms with Crippen molar-refractivity contribution < 1.29 is 20.1 Å². The second-order valence-corrected chi connectivity index (χ2v) is 11.4. The summed E-state index contributed by atoms with van der Waals surface area (Å²) in [4.78, 5) is 9.48. The number of anilines is 1. The van der Waals surface area contributed by atoms with Gasteiger partial charge in [-0.3, -0.25) is 0 Å². The van der Waals surface area contributed by atoms with Gasteiger partial charge >= 0.3 is 0 Å². The van der Waals surface area contributed by atoms with Gasteiger partial charge in [-0.05, 0) is 32.3 Å². The smallest absolute Gasteiger partial charge is 0.191 e. The van der Waals surface area contributed by atoms with Crippen LogP contribution in [0.15, 0.2) is 35.5 Å². The molecule has 11 heteroatoms. The van der Waals surface area contributed by atoms with Gasteiger partial charge in [0.15, 0.2) is 22.1 Å². The Morgan fingerprint density at radius 3 is 2.64 bits per heavy atom. The van der Waals surface area contributed by atoms with Crippen LogP contribution in [0, 0.1) is 0 Å². The van der Waals surface area contributed by atoms with Crippen LogP contribution in [-0.2, 0) is 4.74 Å². The van der Waals surface area contributed by atoms with Crippen LogP contribution in [0.4, 0.5) is 5.82 Å². The van der Waals surface area contributed by atoms with Crippen LogP contribution in [0.5, 0.6) is 0 Å². The fourth-order valence-corrected chi connectivity index (χ4v) is 5.37. The molecule has 4 N–H and O–H groups in total. The monoisotopic (exact) mass is 514 g/mol. The molecule has 2 unspecified atom stereocenters. The van der Waals surface area contributed by atoms with Gasteiger partial charge in [-0.2, -0.15) is 0 Å². The number of hydrogen-bond donors (Lipinski definition) is 4. The summed E-state index contributed by atoms with van der Waals surface area (Å²) in [6.45, 7) is 5.42. The molecule has 0 saturated heterocycles. The van der Waals surface area contributed by atoms with Crippen molar-refractivity contribution in [3.8, 4) is 0 Å². The maximum absolute atomic E-state index is 10.8. The van der Waals surface area contributed by atoms with E-state index in [2.05, 4.69) is 46.8 Å². The SMILES string of the molecule is CCCSc1nc(NC2CC2c2ccccc2)c2nnn([C@H]3C[C@@H](OCC(C)(C)O)[C@H](O)[C@@H]3O)c2n1. The second kappa shape index (κ2) is 10.2. The van der Waals surface area contributed by atoms with Gasteiger partial charge in [-0.1, -0.05) is 54.2 Å². The van der Waals surface area contributed by atoms with E-state index >= 15 is 0 Å². The average molecular weight is 515 g/mol. The number of rotatable bonds is 10. The van der Waals surface area contributed by atoms with E-state index in [9.17, 15) is 15.3 Å². The number of fused-ring (bicyclic) bond motifs is 1. The largest absolute Gasteiger partial charge is 0.388 e. The highest BCUT2D eigenvalue weighted by atomic mass is 32.2. The molecule has 1 aromatic carbocycles. The fraction of sp³-hybridized carbons (Fsp3) is 0.600. The lowest BCUT2D eigenvalue weighted by atomic mass is 10.1. The van der Waals surface area contributed by atoms with Crippen molar-refractivity contribution in [3.63, 3.8) is 0 Å². The van der Waals surface area contributed by atoms with Crippen molar-refractivity contribution in [2.24, 2.45) is 0 Å². The first-order chi connectivity index (χ1) is 17.2. The van der Waals surface area contributed by atoms with Gasteiger partial charge in [0.25, 0.3) is 0 Å². The molecule has 0 radical (unpaired) electrons. The minimum absolute atomic E-state index is 0.0459. The van der Waals surface area contributed by atoms with Gasteiger partial charge in [0.05, 0.1) is 24.4 Å². The van der Waals surface area contributed by atoms with Gasteiger partial charge in [-0.25, -0.2) is 14.6 Å². The molecule has 194 valence electrons. The third kappa shape index (κ3) is 5.35. The van der Waals surface area contributed by atoms with Crippen LogP contribution in [0.2, 0.25) is 0 Å². The van der Waals surface area contributed by atoms with Crippen molar-refractivity contribution in [2.45, 2.75) is 87.1 Å². The summed E-state index contributed by atoms with van der Waals surface area (Å²) in [5, 5.41) is 44.3. The second-order valence-electron chi connectivity index (χ2n) is 10.4. The van der Waals surface area contributed by atoms with Gasteiger partial charge in [0, 0.05) is 24.1 Å². The summed E-state index contributed by atoms with van der Waals surface area (Å²) < 4.78 is 7.32. The number of nitrogens with one attached hydrogen (secondary N) is 1. The molecule has 6 atom stereocenters. The molecule has 0 spiro atoms. The molecule has 2 aliphatic rings. The lowest BCUT2D eigenvalue weighted by molar-refractivity contribution is -0.0967. The zero-order valence-corrected chi connectivity index (χ0v) is 21.6. The number of thioether (sulfide) groups is 1. The van der Waals surface area contributed by atoms with Gasteiger partial charge < -0.3 is 25.4 Å². The molecule has 0 amide bonds. The number of aromatic nitrogens is 5. The molecule has 2 aliphatic carbocycles. The molecule has 10 nitrogen and oxygen atoms in total. The van der Waals surface area contributed by atoms with E-state index < -0.39 is 30.0 Å². The topological polar surface area (TPSA) is 138 Å². The van der Waals surface area contributed by atoms with Crippen LogP contribution in [0.3, 0.4) is 0 Å². The third-order valence-electron chi connectivity index (χ3n) is 6.64. The maximum Gasteiger partial charge on any atom is 0.191 e. The zero-order valence-electron chi connectivity index (χ0n) is 20.8. The van der Waals surface area contributed by atoms with E-state index in [-0.39, 0.29) is 12.6 Å². The van der Waals surface area contributed by atoms with Gasteiger partial charge in [0.2, 0.25) is 0 Å². The number of benzene rings is 1. The van der Waals surface area contributed by atoms with Crippen molar-refractivity contribution in [2.75, 3.05) is 17.7 Å². The fourth-order valence-electron chi connectivity index (χ4n) is 4.68. The standard InChI is InChI=1S/C25H34N6O4S/c1-4-10-36-24-27-22(26-16-11-15(16)14-8-6-5-7-9-14)19-23(28-24)31(30-29-19)17-12-18(21(33)20(17)32)35-13-25(2,3)34/h5-9,15-18,20-21,32-34H,4,10-13H2,1-3H3,(H,26,27,28)/t15?,16?,17-,18+,20+,21-/m0/s1. The highest BCUT2D eigenvalue weighted by Crippen LogP contribution is 2.43. The quantitative estimate of drug-likeness (QED) is 0.236. The first-order valence-electron chi connectivity index (χ1n) is 12.5. The molecule has 2 aromatic heterocycles. The highest BCUT2D eigenvalue weighted by Gasteiger charge is 2.45. The van der Waals surface area contributed by atoms with E-state index in [1.807, 2.05) is 6.07 Å².